The number of halogens is 1. The Morgan fingerprint density at radius 2 is 2.27 bits per heavy atom. The molecule has 0 fully saturated rings. The summed E-state index contributed by atoms with van der Waals surface area (Å²) < 4.78 is 27.5. The van der Waals surface area contributed by atoms with Gasteiger partial charge in [-0.05, 0) is 34.8 Å². The van der Waals surface area contributed by atoms with Crippen LogP contribution in [-0.2, 0) is 9.84 Å². The lowest BCUT2D eigenvalue weighted by Crippen LogP contribution is -2.05. The highest BCUT2D eigenvalue weighted by Crippen LogP contribution is 2.27. The molecule has 1 aromatic heterocycles. The Labute approximate surface area is 97.3 Å². The van der Waals surface area contributed by atoms with Crippen molar-refractivity contribution in [3.8, 4) is 0 Å². The first-order valence-electron chi connectivity index (χ1n) is 4.49. The molecule has 1 unspecified atom stereocenters. The Morgan fingerprint density at radius 1 is 1.60 bits per heavy atom. The molecule has 1 N–H and O–H groups in total. The van der Waals surface area contributed by atoms with Crippen molar-refractivity contribution in [2.75, 3.05) is 12.0 Å². The molecule has 0 amide bonds. The summed E-state index contributed by atoms with van der Waals surface area (Å²) in [5.41, 5.74) is 0. The van der Waals surface area contributed by atoms with Crippen molar-refractivity contribution in [1.29, 1.82) is 0 Å². The van der Waals surface area contributed by atoms with Crippen molar-refractivity contribution in [3.05, 3.63) is 22.6 Å². The van der Waals surface area contributed by atoms with E-state index >= 15 is 0 Å². The summed E-state index contributed by atoms with van der Waals surface area (Å²) in [6.45, 7) is 0. The monoisotopic (exact) mass is 296 g/mol. The fourth-order valence-corrected chi connectivity index (χ4v) is 2.37. The fourth-order valence-electron chi connectivity index (χ4n) is 1.21. The van der Waals surface area contributed by atoms with Crippen molar-refractivity contribution in [2.45, 2.75) is 18.9 Å². The number of hydrogen-bond donors (Lipinski definition) is 1. The number of rotatable bonds is 5. The maximum atomic E-state index is 10.9. The fraction of sp³-hybridized carbons (Fsp3) is 0.556. The Balaban J connectivity index is 2.44. The van der Waals surface area contributed by atoms with E-state index in [1.165, 1.54) is 12.5 Å². The third-order valence-corrected chi connectivity index (χ3v) is 3.63. The Bertz CT molecular complexity index is 410. The van der Waals surface area contributed by atoms with Crippen LogP contribution in [0.3, 0.4) is 0 Å². The summed E-state index contributed by atoms with van der Waals surface area (Å²) >= 11 is 3.23. The highest BCUT2D eigenvalue weighted by atomic mass is 79.9. The largest absolute Gasteiger partial charge is 0.465 e. The van der Waals surface area contributed by atoms with E-state index in [4.69, 9.17) is 4.42 Å². The SMILES string of the molecule is CS(=O)(=O)CCCC(O)c1occc1Br. The topological polar surface area (TPSA) is 67.5 Å². The second kappa shape index (κ2) is 5.14. The minimum atomic E-state index is -2.95. The molecule has 1 rings (SSSR count). The molecule has 1 heterocycles. The number of furan rings is 1. The van der Waals surface area contributed by atoms with Crippen molar-refractivity contribution in [1.82, 2.24) is 0 Å². The molecule has 15 heavy (non-hydrogen) atoms. The van der Waals surface area contributed by atoms with E-state index in [2.05, 4.69) is 15.9 Å². The summed E-state index contributed by atoms with van der Waals surface area (Å²) in [7, 11) is -2.95. The molecular weight excluding hydrogens is 284 g/mol. The van der Waals surface area contributed by atoms with Crippen LogP contribution in [0, 0.1) is 0 Å². The van der Waals surface area contributed by atoms with Gasteiger partial charge in [-0.15, -0.1) is 0 Å². The van der Waals surface area contributed by atoms with Gasteiger partial charge < -0.3 is 9.52 Å². The summed E-state index contributed by atoms with van der Waals surface area (Å²) in [5, 5.41) is 9.67. The molecule has 6 heteroatoms. The second-order valence-electron chi connectivity index (χ2n) is 3.42. The van der Waals surface area contributed by atoms with Crippen LogP contribution < -0.4 is 0 Å². The van der Waals surface area contributed by atoms with Gasteiger partial charge in [0.1, 0.15) is 21.7 Å². The van der Waals surface area contributed by atoms with Gasteiger partial charge >= 0.3 is 0 Å². The minimum absolute atomic E-state index is 0.0857. The molecule has 0 aliphatic heterocycles. The van der Waals surface area contributed by atoms with Crippen molar-refractivity contribution in [3.63, 3.8) is 0 Å². The molecule has 0 spiro atoms. The van der Waals surface area contributed by atoms with Gasteiger partial charge in [0, 0.05) is 12.0 Å². The van der Waals surface area contributed by atoms with Crippen molar-refractivity contribution < 1.29 is 17.9 Å². The third kappa shape index (κ3) is 4.36. The van der Waals surface area contributed by atoms with E-state index in [1.807, 2.05) is 0 Å². The maximum absolute atomic E-state index is 10.9. The minimum Gasteiger partial charge on any atom is -0.465 e. The molecule has 1 atom stereocenters. The van der Waals surface area contributed by atoms with Gasteiger partial charge in [0.25, 0.3) is 0 Å². The Morgan fingerprint density at radius 3 is 2.73 bits per heavy atom. The van der Waals surface area contributed by atoms with E-state index in [0.29, 0.717) is 23.1 Å². The highest BCUT2D eigenvalue weighted by molar-refractivity contribution is 9.10. The van der Waals surface area contributed by atoms with Crippen LogP contribution in [0.4, 0.5) is 0 Å². The quantitative estimate of drug-likeness (QED) is 0.901. The molecule has 0 saturated heterocycles. The molecule has 0 aromatic carbocycles. The lowest BCUT2D eigenvalue weighted by atomic mass is 10.2. The lowest BCUT2D eigenvalue weighted by molar-refractivity contribution is 0.138. The normalized spacial score (nSPS) is 14.1. The van der Waals surface area contributed by atoms with Crippen molar-refractivity contribution in [2.24, 2.45) is 0 Å². The van der Waals surface area contributed by atoms with Crippen molar-refractivity contribution >= 4 is 25.8 Å². The molecule has 0 radical (unpaired) electrons. The number of aliphatic hydroxyl groups is 1. The van der Waals surface area contributed by atoms with Crippen LogP contribution in [0.2, 0.25) is 0 Å². The van der Waals surface area contributed by atoms with Crippen LogP contribution >= 0.6 is 15.9 Å². The van der Waals surface area contributed by atoms with Gasteiger partial charge in [-0.2, -0.15) is 0 Å². The average molecular weight is 297 g/mol. The van der Waals surface area contributed by atoms with Gasteiger partial charge in [0.05, 0.1) is 10.7 Å². The van der Waals surface area contributed by atoms with Crippen LogP contribution in [0.25, 0.3) is 0 Å². The standard InChI is InChI=1S/C9H13BrO4S/c1-15(12,13)6-2-3-8(11)9-7(10)4-5-14-9/h4-5,8,11H,2-3,6H2,1H3. The summed E-state index contributed by atoms with van der Waals surface area (Å²) in [6, 6.07) is 1.69. The van der Waals surface area contributed by atoms with Crippen LogP contribution in [-0.4, -0.2) is 25.5 Å². The van der Waals surface area contributed by atoms with Crippen LogP contribution in [0.5, 0.6) is 0 Å². The molecule has 86 valence electrons. The predicted molar refractivity (Wildman–Crippen MR) is 60.3 cm³/mol. The average Bonchev–Trinajstić information content (AvgIpc) is 2.48. The van der Waals surface area contributed by atoms with E-state index in [0.717, 1.165) is 0 Å². The zero-order valence-electron chi connectivity index (χ0n) is 8.31. The smallest absolute Gasteiger partial charge is 0.147 e. The number of aliphatic hydroxyl groups excluding tert-OH is 1. The van der Waals surface area contributed by atoms with Crippen LogP contribution in [0.15, 0.2) is 21.2 Å². The Kier molecular flexibility index (Phi) is 4.36. The molecule has 1 aromatic rings. The summed E-state index contributed by atoms with van der Waals surface area (Å²) in [4.78, 5) is 0. The second-order valence-corrected chi connectivity index (χ2v) is 6.53. The summed E-state index contributed by atoms with van der Waals surface area (Å²) in [6.07, 6.45) is 2.70. The first-order valence-corrected chi connectivity index (χ1v) is 7.34. The zero-order valence-corrected chi connectivity index (χ0v) is 10.7. The van der Waals surface area contributed by atoms with E-state index in [-0.39, 0.29) is 5.75 Å². The molecule has 0 saturated carbocycles. The molecule has 4 nitrogen and oxygen atoms in total. The van der Waals surface area contributed by atoms with Gasteiger partial charge in [0.2, 0.25) is 0 Å². The first-order chi connectivity index (χ1) is 6.90. The number of hydrogen-bond acceptors (Lipinski definition) is 4. The maximum Gasteiger partial charge on any atom is 0.147 e. The Hall–Kier alpha value is -0.330. The third-order valence-electron chi connectivity index (χ3n) is 1.94. The molecular formula is C9H13BrO4S. The molecule has 0 aliphatic rings. The van der Waals surface area contributed by atoms with Crippen LogP contribution in [0.1, 0.15) is 24.7 Å². The molecule has 0 aliphatic carbocycles. The van der Waals surface area contributed by atoms with Gasteiger partial charge in [-0.3, -0.25) is 0 Å². The van der Waals surface area contributed by atoms with Gasteiger partial charge in [-0.25, -0.2) is 8.42 Å². The van der Waals surface area contributed by atoms with E-state index < -0.39 is 15.9 Å². The molecule has 0 bridgehead atoms. The predicted octanol–water partition coefficient (Wildman–Crippen LogP) is 1.90. The number of sulfone groups is 1. The van der Waals surface area contributed by atoms with E-state index in [9.17, 15) is 13.5 Å². The van der Waals surface area contributed by atoms with E-state index in [1.54, 1.807) is 6.07 Å². The first kappa shape index (κ1) is 12.7. The lowest BCUT2D eigenvalue weighted by Gasteiger charge is -2.07. The zero-order chi connectivity index (χ0) is 11.5. The van der Waals surface area contributed by atoms with Gasteiger partial charge in [0.15, 0.2) is 0 Å². The van der Waals surface area contributed by atoms with Gasteiger partial charge in [-0.1, -0.05) is 0 Å². The highest BCUT2D eigenvalue weighted by Gasteiger charge is 2.15. The summed E-state index contributed by atoms with van der Waals surface area (Å²) in [5.74, 6) is 0.533.